The van der Waals surface area contributed by atoms with Crippen molar-refractivity contribution in [2.45, 2.75) is 52.9 Å². The molecule has 1 aromatic carbocycles. The highest BCUT2D eigenvalue weighted by Gasteiger charge is 1.95. The Labute approximate surface area is 89.4 Å². The molecule has 0 aromatic heterocycles. The van der Waals surface area contributed by atoms with Crippen LogP contribution in [0, 0.1) is 6.92 Å². The topological polar surface area (TPSA) is 0 Å². The molecule has 0 spiro atoms. The third-order valence-electron chi connectivity index (χ3n) is 2.19. The SMILES string of the molecule is C1CCCC1.CC.Cc1ccccc1. The van der Waals surface area contributed by atoms with Crippen LogP contribution in [0.25, 0.3) is 0 Å². The van der Waals surface area contributed by atoms with E-state index in [-0.39, 0.29) is 0 Å². The van der Waals surface area contributed by atoms with Crippen LogP contribution in [0.2, 0.25) is 0 Å². The van der Waals surface area contributed by atoms with Crippen molar-refractivity contribution < 1.29 is 0 Å². The van der Waals surface area contributed by atoms with Gasteiger partial charge >= 0.3 is 0 Å². The maximum atomic E-state index is 2.08. The Kier molecular flexibility index (Phi) is 9.73. The van der Waals surface area contributed by atoms with Gasteiger partial charge in [-0.2, -0.15) is 0 Å². The van der Waals surface area contributed by atoms with Gasteiger partial charge in [-0.05, 0) is 6.92 Å². The van der Waals surface area contributed by atoms with Crippen LogP contribution in [-0.2, 0) is 0 Å². The summed E-state index contributed by atoms with van der Waals surface area (Å²) in [6.45, 7) is 6.08. The average Bonchev–Trinajstić information content (AvgIpc) is 2.80. The second-order valence-electron chi connectivity index (χ2n) is 3.42. The van der Waals surface area contributed by atoms with E-state index >= 15 is 0 Å². The smallest absolute Gasteiger partial charge is 0.0398 e. The van der Waals surface area contributed by atoms with Gasteiger partial charge in [0.25, 0.3) is 0 Å². The zero-order valence-corrected chi connectivity index (χ0v) is 9.92. The summed E-state index contributed by atoms with van der Waals surface area (Å²) in [5.41, 5.74) is 1.32. The maximum Gasteiger partial charge on any atom is -0.0398 e. The van der Waals surface area contributed by atoms with Crippen LogP contribution >= 0.6 is 0 Å². The number of aryl methyl sites for hydroxylation is 1. The lowest BCUT2D eigenvalue weighted by molar-refractivity contribution is 0.886. The van der Waals surface area contributed by atoms with Gasteiger partial charge in [0.15, 0.2) is 0 Å². The van der Waals surface area contributed by atoms with Gasteiger partial charge < -0.3 is 0 Å². The first-order valence-electron chi connectivity index (χ1n) is 5.91. The van der Waals surface area contributed by atoms with Gasteiger partial charge in [0.2, 0.25) is 0 Å². The predicted molar refractivity (Wildman–Crippen MR) is 65.6 cm³/mol. The zero-order valence-electron chi connectivity index (χ0n) is 9.92. The third-order valence-corrected chi connectivity index (χ3v) is 2.19. The molecule has 0 radical (unpaired) electrons. The molecule has 1 aliphatic rings. The van der Waals surface area contributed by atoms with E-state index in [2.05, 4.69) is 19.1 Å². The van der Waals surface area contributed by atoms with E-state index in [9.17, 15) is 0 Å². The number of hydrogen-bond acceptors (Lipinski definition) is 0. The molecule has 0 heteroatoms. The largest absolute Gasteiger partial charge is 0.0683 e. The number of rotatable bonds is 0. The van der Waals surface area contributed by atoms with E-state index < -0.39 is 0 Å². The van der Waals surface area contributed by atoms with Crippen molar-refractivity contribution in [1.29, 1.82) is 0 Å². The molecule has 2 rings (SSSR count). The van der Waals surface area contributed by atoms with Gasteiger partial charge in [-0.1, -0.05) is 81.8 Å². The minimum Gasteiger partial charge on any atom is -0.0683 e. The van der Waals surface area contributed by atoms with Crippen molar-refractivity contribution in [3.8, 4) is 0 Å². The summed E-state index contributed by atoms with van der Waals surface area (Å²) in [7, 11) is 0. The Morgan fingerprint density at radius 2 is 1.07 bits per heavy atom. The summed E-state index contributed by atoms with van der Waals surface area (Å²) in [4.78, 5) is 0. The zero-order chi connectivity index (χ0) is 10.6. The molecule has 0 bridgehead atoms. The molecule has 0 nitrogen and oxygen atoms in total. The molecule has 0 aliphatic heterocycles. The molecular formula is C14H24. The van der Waals surface area contributed by atoms with Crippen molar-refractivity contribution >= 4 is 0 Å². The summed E-state index contributed by atoms with van der Waals surface area (Å²) in [6, 6.07) is 10.3. The Hall–Kier alpha value is -0.780. The molecule has 1 aliphatic carbocycles. The summed E-state index contributed by atoms with van der Waals surface area (Å²) in [5.74, 6) is 0. The lowest BCUT2D eigenvalue weighted by Gasteiger charge is -1.82. The monoisotopic (exact) mass is 192 g/mol. The van der Waals surface area contributed by atoms with Crippen molar-refractivity contribution in [2.24, 2.45) is 0 Å². The molecule has 0 unspecified atom stereocenters. The van der Waals surface area contributed by atoms with Crippen LogP contribution in [0.5, 0.6) is 0 Å². The summed E-state index contributed by atoms with van der Waals surface area (Å²) in [5, 5.41) is 0. The Morgan fingerprint density at radius 3 is 1.29 bits per heavy atom. The lowest BCUT2D eigenvalue weighted by Crippen LogP contribution is -1.62. The molecule has 0 amide bonds. The molecular weight excluding hydrogens is 168 g/mol. The van der Waals surface area contributed by atoms with Crippen LogP contribution in [0.3, 0.4) is 0 Å². The molecule has 1 aromatic rings. The van der Waals surface area contributed by atoms with Gasteiger partial charge in [-0.25, -0.2) is 0 Å². The second-order valence-corrected chi connectivity index (χ2v) is 3.42. The first-order chi connectivity index (χ1) is 6.89. The fraction of sp³-hybridized carbons (Fsp3) is 0.571. The van der Waals surface area contributed by atoms with E-state index in [0.29, 0.717) is 0 Å². The predicted octanol–water partition coefficient (Wildman–Crippen LogP) is 4.97. The summed E-state index contributed by atoms with van der Waals surface area (Å²) in [6.07, 6.45) is 7.50. The average molecular weight is 192 g/mol. The highest BCUT2D eigenvalue weighted by atomic mass is 14.0. The standard InChI is InChI=1S/C7H8.C5H10.C2H6/c1-7-5-3-2-4-6-7;1-2-4-5-3-1;1-2/h2-6H,1H3;1-5H2;1-2H3. The quantitative estimate of drug-likeness (QED) is 0.544. The van der Waals surface area contributed by atoms with Crippen LogP contribution in [0.1, 0.15) is 51.5 Å². The maximum absolute atomic E-state index is 2.08. The molecule has 1 fully saturated rings. The van der Waals surface area contributed by atoms with E-state index in [1.54, 1.807) is 0 Å². The highest BCUT2D eigenvalue weighted by molar-refractivity contribution is 5.11. The molecule has 1 saturated carbocycles. The number of hydrogen-bond donors (Lipinski definition) is 0. The van der Waals surface area contributed by atoms with Crippen LogP contribution in [0.4, 0.5) is 0 Å². The molecule has 0 atom stereocenters. The van der Waals surface area contributed by atoms with Crippen LogP contribution in [-0.4, -0.2) is 0 Å². The molecule has 0 saturated heterocycles. The van der Waals surface area contributed by atoms with Crippen LogP contribution < -0.4 is 0 Å². The lowest BCUT2D eigenvalue weighted by atomic mass is 10.2. The summed E-state index contributed by atoms with van der Waals surface area (Å²) < 4.78 is 0. The van der Waals surface area contributed by atoms with Gasteiger partial charge in [-0.3, -0.25) is 0 Å². The number of benzene rings is 1. The Morgan fingerprint density at radius 1 is 0.714 bits per heavy atom. The van der Waals surface area contributed by atoms with E-state index in [0.717, 1.165) is 0 Å². The summed E-state index contributed by atoms with van der Waals surface area (Å²) >= 11 is 0. The Balaban J connectivity index is 0.000000213. The van der Waals surface area contributed by atoms with E-state index in [4.69, 9.17) is 0 Å². The molecule has 0 heterocycles. The second kappa shape index (κ2) is 10.3. The highest BCUT2D eigenvalue weighted by Crippen LogP contribution is 2.15. The first kappa shape index (κ1) is 13.2. The van der Waals surface area contributed by atoms with Crippen LogP contribution in [0.15, 0.2) is 30.3 Å². The Bertz CT molecular complexity index is 177. The van der Waals surface area contributed by atoms with Crippen molar-refractivity contribution in [3.63, 3.8) is 0 Å². The normalized spacial score (nSPS) is 13.4. The van der Waals surface area contributed by atoms with Crippen molar-refractivity contribution in [2.75, 3.05) is 0 Å². The van der Waals surface area contributed by atoms with Gasteiger partial charge in [-0.15, -0.1) is 0 Å². The first-order valence-corrected chi connectivity index (χ1v) is 5.91. The fourth-order valence-corrected chi connectivity index (χ4v) is 1.42. The molecule has 0 N–H and O–H groups in total. The fourth-order valence-electron chi connectivity index (χ4n) is 1.42. The minimum atomic E-state index is 1.32. The van der Waals surface area contributed by atoms with E-state index in [1.165, 1.54) is 37.7 Å². The van der Waals surface area contributed by atoms with Gasteiger partial charge in [0, 0.05) is 0 Å². The van der Waals surface area contributed by atoms with E-state index in [1.807, 2.05) is 32.0 Å². The molecule has 80 valence electrons. The molecule has 14 heavy (non-hydrogen) atoms. The van der Waals surface area contributed by atoms with Crippen molar-refractivity contribution in [3.05, 3.63) is 35.9 Å². The third kappa shape index (κ3) is 7.85. The van der Waals surface area contributed by atoms with Gasteiger partial charge in [0.05, 0.1) is 0 Å². The minimum absolute atomic E-state index is 1.32. The van der Waals surface area contributed by atoms with Gasteiger partial charge in [0.1, 0.15) is 0 Å². The van der Waals surface area contributed by atoms with Crippen molar-refractivity contribution in [1.82, 2.24) is 0 Å².